The molecule has 1 aliphatic rings. The third-order valence-corrected chi connectivity index (χ3v) is 5.12. The molecule has 0 aliphatic carbocycles. The molecule has 4 nitrogen and oxygen atoms in total. The Morgan fingerprint density at radius 2 is 1.93 bits per heavy atom. The van der Waals surface area contributed by atoms with E-state index in [1.54, 1.807) is 30.6 Å². The maximum Gasteiger partial charge on any atom is 0.416 e. The smallest absolute Gasteiger partial charge is 0.416 e. The number of rotatable bonds is 4. The molecule has 7 heteroatoms. The van der Waals surface area contributed by atoms with Crippen LogP contribution < -0.4 is 4.74 Å². The highest BCUT2D eigenvalue weighted by Crippen LogP contribution is 2.31. The lowest BCUT2D eigenvalue weighted by atomic mass is 10.00. The van der Waals surface area contributed by atoms with Gasteiger partial charge in [0, 0.05) is 43.2 Å². The molecule has 0 unspecified atom stereocenters. The summed E-state index contributed by atoms with van der Waals surface area (Å²) in [5.74, 6) is 0.726. The zero-order valence-electron chi connectivity index (χ0n) is 16.1. The van der Waals surface area contributed by atoms with Crippen LogP contribution in [0, 0.1) is 0 Å². The second kappa shape index (κ2) is 8.45. The lowest BCUT2D eigenvalue weighted by Gasteiger charge is -2.20. The van der Waals surface area contributed by atoms with Crippen LogP contribution in [0.1, 0.15) is 33.9 Å². The normalized spacial score (nSPS) is 15.7. The summed E-state index contributed by atoms with van der Waals surface area (Å²) in [6, 6.07) is 14.5. The van der Waals surface area contributed by atoms with E-state index in [0.717, 1.165) is 17.4 Å². The molecule has 0 saturated heterocycles. The van der Waals surface area contributed by atoms with Crippen LogP contribution in [0.2, 0.25) is 0 Å². The van der Waals surface area contributed by atoms with E-state index in [2.05, 4.69) is 4.98 Å². The molecule has 1 atom stereocenters. The van der Waals surface area contributed by atoms with Gasteiger partial charge < -0.3 is 9.84 Å². The van der Waals surface area contributed by atoms with Gasteiger partial charge in [0.2, 0.25) is 0 Å². The molecular formula is C23H21F3N2O2. The molecule has 1 N–H and O–H groups in total. The molecule has 1 aromatic heterocycles. The minimum Gasteiger partial charge on any atom is -0.492 e. The van der Waals surface area contributed by atoms with E-state index < -0.39 is 17.8 Å². The van der Waals surface area contributed by atoms with Crippen LogP contribution in [-0.2, 0) is 19.3 Å². The van der Waals surface area contributed by atoms with Gasteiger partial charge in [0.1, 0.15) is 18.5 Å². The van der Waals surface area contributed by atoms with E-state index in [9.17, 15) is 18.3 Å². The Hall–Kier alpha value is -2.90. The first-order valence-corrected chi connectivity index (χ1v) is 9.62. The molecule has 156 valence electrons. The number of nitrogens with zero attached hydrogens (tertiary/aromatic N) is 2. The zero-order valence-corrected chi connectivity index (χ0v) is 16.1. The SMILES string of the molecule is O[C@@H](c1cccnc1)c1ccc2c(c1)CN(Cc1cccc(C(F)(F)F)c1)CCO2. The van der Waals surface area contributed by atoms with Gasteiger partial charge in [0.15, 0.2) is 0 Å². The molecule has 30 heavy (non-hydrogen) atoms. The average Bonchev–Trinajstić information content (AvgIpc) is 2.94. The van der Waals surface area contributed by atoms with Crippen LogP contribution >= 0.6 is 0 Å². The van der Waals surface area contributed by atoms with Crippen molar-refractivity contribution < 1.29 is 23.0 Å². The Balaban J connectivity index is 1.54. The van der Waals surface area contributed by atoms with Gasteiger partial charge in [0.05, 0.1) is 5.56 Å². The van der Waals surface area contributed by atoms with Gasteiger partial charge in [-0.25, -0.2) is 0 Å². The number of benzene rings is 2. The molecular weight excluding hydrogens is 393 g/mol. The van der Waals surface area contributed by atoms with Gasteiger partial charge in [-0.15, -0.1) is 0 Å². The Morgan fingerprint density at radius 1 is 1.07 bits per heavy atom. The van der Waals surface area contributed by atoms with Crippen LogP contribution in [-0.4, -0.2) is 28.1 Å². The zero-order chi connectivity index (χ0) is 21.1. The summed E-state index contributed by atoms with van der Waals surface area (Å²) in [5.41, 5.74) is 2.24. The largest absolute Gasteiger partial charge is 0.492 e. The second-order valence-electron chi connectivity index (χ2n) is 7.31. The second-order valence-corrected chi connectivity index (χ2v) is 7.31. The fourth-order valence-corrected chi connectivity index (χ4v) is 3.61. The molecule has 0 spiro atoms. The number of aliphatic hydroxyl groups excluding tert-OH is 1. The molecule has 2 aromatic carbocycles. The highest BCUT2D eigenvalue weighted by molar-refractivity contribution is 5.41. The number of ether oxygens (including phenoxy) is 1. The number of alkyl halides is 3. The summed E-state index contributed by atoms with van der Waals surface area (Å²) >= 11 is 0. The van der Waals surface area contributed by atoms with Crippen molar-refractivity contribution in [2.24, 2.45) is 0 Å². The van der Waals surface area contributed by atoms with Crippen molar-refractivity contribution >= 4 is 0 Å². The summed E-state index contributed by atoms with van der Waals surface area (Å²) in [7, 11) is 0. The summed E-state index contributed by atoms with van der Waals surface area (Å²) in [4.78, 5) is 6.09. The molecule has 0 fully saturated rings. The third-order valence-electron chi connectivity index (χ3n) is 5.12. The third kappa shape index (κ3) is 4.63. The Labute approximate surface area is 172 Å². The molecule has 2 heterocycles. The minimum atomic E-state index is -4.36. The topological polar surface area (TPSA) is 45.6 Å². The summed E-state index contributed by atoms with van der Waals surface area (Å²) < 4.78 is 44.8. The predicted molar refractivity (Wildman–Crippen MR) is 106 cm³/mol. The van der Waals surface area contributed by atoms with Gasteiger partial charge in [-0.1, -0.05) is 30.3 Å². The first-order chi connectivity index (χ1) is 14.4. The standard InChI is InChI=1S/C23H21F3N2O2/c24-23(25,26)20-5-1-3-16(11-20)14-28-9-10-30-21-7-6-17(12-19(21)15-28)22(29)18-4-2-8-27-13-18/h1-8,11-13,22,29H,9-10,14-15H2/t22-/m1/s1. The summed E-state index contributed by atoms with van der Waals surface area (Å²) in [6.45, 7) is 1.92. The van der Waals surface area contributed by atoms with Crippen molar-refractivity contribution in [2.75, 3.05) is 13.2 Å². The van der Waals surface area contributed by atoms with Crippen molar-refractivity contribution in [2.45, 2.75) is 25.4 Å². The monoisotopic (exact) mass is 414 g/mol. The highest BCUT2D eigenvalue weighted by Gasteiger charge is 2.30. The fourth-order valence-electron chi connectivity index (χ4n) is 3.61. The number of fused-ring (bicyclic) bond motifs is 1. The van der Waals surface area contributed by atoms with Crippen LogP contribution in [0.15, 0.2) is 67.0 Å². The van der Waals surface area contributed by atoms with Gasteiger partial charge in [0.25, 0.3) is 0 Å². The molecule has 3 aromatic rings. The lowest BCUT2D eigenvalue weighted by Crippen LogP contribution is -2.25. The Bertz CT molecular complexity index is 1010. The number of hydrogen-bond acceptors (Lipinski definition) is 4. The molecule has 0 radical (unpaired) electrons. The fraction of sp³-hybridized carbons (Fsp3) is 0.261. The molecule has 0 bridgehead atoms. The average molecular weight is 414 g/mol. The van der Waals surface area contributed by atoms with E-state index in [1.165, 1.54) is 12.1 Å². The van der Waals surface area contributed by atoms with Crippen molar-refractivity contribution in [3.8, 4) is 5.75 Å². The Kier molecular flexibility index (Phi) is 5.74. The van der Waals surface area contributed by atoms with Gasteiger partial charge in [-0.2, -0.15) is 13.2 Å². The number of pyridine rings is 1. The van der Waals surface area contributed by atoms with E-state index in [-0.39, 0.29) is 0 Å². The molecule has 0 amide bonds. The predicted octanol–water partition coefficient (Wildman–Crippen LogP) is 4.58. The highest BCUT2D eigenvalue weighted by atomic mass is 19.4. The van der Waals surface area contributed by atoms with Crippen LogP contribution in [0.25, 0.3) is 0 Å². The van der Waals surface area contributed by atoms with Crippen LogP contribution in [0.4, 0.5) is 13.2 Å². The van der Waals surface area contributed by atoms with Crippen molar-refractivity contribution in [1.29, 1.82) is 0 Å². The maximum absolute atomic E-state index is 13.0. The number of hydrogen-bond donors (Lipinski definition) is 1. The first-order valence-electron chi connectivity index (χ1n) is 9.62. The van der Waals surface area contributed by atoms with Crippen LogP contribution in [0.5, 0.6) is 5.75 Å². The van der Waals surface area contributed by atoms with Crippen molar-refractivity contribution in [1.82, 2.24) is 9.88 Å². The number of halogens is 3. The molecule has 4 rings (SSSR count). The van der Waals surface area contributed by atoms with E-state index in [1.807, 2.05) is 23.1 Å². The minimum absolute atomic E-state index is 0.377. The summed E-state index contributed by atoms with van der Waals surface area (Å²) in [5, 5.41) is 10.7. The van der Waals surface area contributed by atoms with Crippen LogP contribution in [0.3, 0.4) is 0 Å². The lowest BCUT2D eigenvalue weighted by molar-refractivity contribution is -0.137. The van der Waals surface area contributed by atoms with Gasteiger partial charge in [-0.05, 0) is 35.4 Å². The molecule has 1 aliphatic heterocycles. The first kappa shape index (κ1) is 20.4. The maximum atomic E-state index is 13.0. The number of aromatic nitrogens is 1. The van der Waals surface area contributed by atoms with E-state index in [4.69, 9.17) is 4.74 Å². The van der Waals surface area contributed by atoms with E-state index in [0.29, 0.717) is 42.9 Å². The van der Waals surface area contributed by atoms with Crippen molar-refractivity contribution in [3.05, 3.63) is 94.8 Å². The molecule has 0 saturated carbocycles. The van der Waals surface area contributed by atoms with Gasteiger partial charge in [-0.3, -0.25) is 9.88 Å². The number of aliphatic hydroxyl groups is 1. The van der Waals surface area contributed by atoms with Gasteiger partial charge >= 0.3 is 6.18 Å². The Morgan fingerprint density at radius 3 is 2.70 bits per heavy atom. The quantitative estimate of drug-likeness (QED) is 0.679. The van der Waals surface area contributed by atoms with E-state index >= 15 is 0 Å². The summed E-state index contributed by atoms with van der Waals surface area (Å²) in [6.07, 6.45) is -1.91. The van der Waals surface area contributed by atoms with Crippen molar-refractivity contribution in [3.63, 3.8) is 0 Å².